The first-order valence-electron chi connectivity index (χ1n) is 4.23. The molecule has 0 aromatic rings. The topological polar surface area (TPSA) is 29.1 Å². The summed E-state index contributed by atoms with van der Waals surface area (Å²) in [6, 6.07) is 0. The van der Waals surface area contributed by atoms with E-state index in [1.807, 2.05) is 32.2 Å². The van der Waals surface area contributed by atoms with E-state index in [4.69, 9.17) is 0 Å². The van der Waals surface area contributed by atoms with Gasteiger partial charge in [-0.1, -0.05) is 18.2 Å². The number of allylic oxidation sites excluding steroid dienone is 4. The van der Waals surface area contributed by atoms with Crippen molar-refractivity contribution in [3.63, 3.8) is 0 Å². The second-order valence-corrected chi connectivity index (χ2v) is 3.05. The lowest BCUT2D eigenvalue weighted by atomic mass is 9.86. The molecule has 1 N–H and O–H groups in total. The summed E-state index contributed by atoms with van der Waals surface area (Å²) < 4.78 is 0. The van der Waals surface area contributed by atoms with Crippen molar-refractivity contribution in [1.29, 1.82) is 0 Å². The maximum atomic E-state index is 11.2. The average molecular weight is 179 g/mol. The van der Waals surface area contributed by atoms with Crippen LogP contribution in [0.2, 0.25) is 0 Å². The van der Waals surface area contributed by atoms with Gasteiger partial charge in [-0.05, 0) is 26.1 Å². The number of rotatable bonds is 5. The molecule has 0 aromatic carbocycles. The van der Waals surface area contributed by atoms with Gasteiger partial charge in [0.15, 0.2) is 0 Å². The van der Waals surface area contributed by atoms with Gasteiger partial charge in [-0.25, -0.2) is 0 Å². The summed E-state index contributed by atoms with van der Waals surface area (Å²) in [7, 11) is 1.82. The molecule has 0 rings (SSSR count). The molecule has 0 aliphatic carbocycles. The van der Waals surface area contributed by atoms with Crippen molar-refractivity contribution in [3.8, 4) is 0 Å². The van der Waals surface area contributed by atoms with Crippen molar-refractivity contribution in [2.45, 2.75) is 13.8 Å². The van der Waals surface area contributed by atoms with Crippen molar-refractivity contribution in [2.75, 3.05) is 7.05 Å². The van der Waals surface area contributed by atoms with E-state index in [0.29, 0.717) is 0 Å². The Morgan fingerprint density at radius 1 is 1.46 bits per heavy atom. The monoisotopic (exact) mass is 179 g/mol. The van der Waals surface area contributed by atoms with Gasteiger partial charge in [0.1, 0.15) is 5.78 Å². The molecule has 72 valence electrons. The first-order chi connectivity index (χ1) is 6.06. The van der Waals surface area contributed by atoms with Crippen LogP contribution in [0.15, 0.2) is 37.1 Å². The van der Waals surface area contributed by atoms with E-state index in [2.05, 4.69) is 11.9 Å². The number of ketones is 1. The Morgan fingerprint density at radius 3 is 2.46 bits per heavy atom. The molecule has 0 aliphatic heterocycles. The standard InChI is InChI=1S/C11H17NO/c1-5-11(3,10(2)13)8-6-7-9-12-4/h5-9,12H,1H2,2-4H3/b8-6-,9-7+. The third-order valence-electron chi connectivity index (χ3n) is 2.00. The van der Waals surface area contributed by atoms with E-state index in [1.54, 1.807) is 19.2 Å². The van der Waals surface area contributed by atoms with Crippen molar-refractivity contribution < 1.29 is 4.79 Å². The van der Waals surface area contributed by atoms with Gasteiger partial charge in [0.05, 0.1) is 5.41 Å². The van der Waals surface area contributed by atoms with E-state index >= 15 is 0 Å². The summed E-state index contributed by atoms with van der Waals surface area (Å²) in [4.78, 5) is 11.2. The van der Waals surface area contributed by atoms with E-state index in [-0.39, 0.29) is 5.78 Å². The fraction of sp³-hybridized carbons (Fsp3) is 0.364. The predicted octanol–water partition coefficient (Wildman–Crippen LogP) is 2.06. The molecule has 0 bridgehead atoms. The highest BCUT2D eigenvalue weighted by Crippen LogP contribution is 2.20. The van der Waals surface area contributed by atoms with E-state index < -0.39 is 5.41 Å². The van der Waals surface area contributed by atoms with Crippen LogP contribution in [-0.4, -0.2) is 12.8 Å². The minimum absolute atomic E-state index is 0.0941. The van der Waals surface area contributed by atoms with Gasteiger partial charge in [-0.15, -0.1) is 6.58 Å². The SMILES string of the molecule is C=CC(C)(/C=C\C=C\NC)C(C)=O. The van der Waals surface area contributed by atoms with Crippen LogP contribution in [-0.2, 0) is 4.79 Å². The second-order valence-electron chi connectivity index (χ2n) is 3.05. The maximum Gasteiger partial charge on any atom is 0.143 e. The highest BCUT2D eigenvalue weighted by molar-refractivity contribution is 5.85. The van der Waals surface area contributed by atoms with Gasteiger partial charge >= 0.3 is 0 Å². The molecule has 0 spiro atoms. The number of carbonyl (C=O) groups excluding carboxylic acids is 1. The Kier molecular flexibility index (Phi) is 4.82. The summed E-state index contributed by atoms with van der Waals surface area (Å²) in [5.74, 6) is 0.0941. The summed E-state index contributed by atoms with van der Waals surface area (Å²) in [6.45, 7) is 7.04. The Labute approximate surface area is 80.0 Å². The molecule has 0 saturated carbocycles. The Balaban J connectivity index is 4.44. The number of hydrogen-bond acceptors (Lipinski definition) is 2. The Morgan fingerprint density at radius 2 is 2.08 bits per heavy atom. The minimum atomic E-state index is -0.544. The average Bonchev–Trinajstić information content (AvgIpc) is 2.12. The van der Waals surface area contributed by atoms with E-state index in [0.717, 1.165) is 0 Å². The quantitative estimate of drug-likeness (QED) is 0.517. The normalized spacial score (nSPS) is 15.9. The first-order valence-corrected chi connectivity index (χ1v) is 4.23. The lowest BCUT2D eigenvalue weighted by molar-refractivity contribution is -0.121. The molecule has 1 unspecified atom stereocenters. The number of nitrogens with one attached hydrogen (secondary N) is 1. The molecule has 0 amide bonds. The van der Waals surface area contributed by atoms with E-state index in [9.17, 15) is 4.79 Å². The number of carbonyl (C=O) groups is 1. The minimum Gasteiger partial charge on any atom is -0.394 e. The zero-order valence-corrected chi connectivity index (χ0v) is 8.50. The summed E-state index contributed by atoms with van der Waals surface area (Å²) in [6.07, 6.45) is 8.94. The molecule has 0 fully saturated rings. The van der Waals surface area contributed by atoms with Crippen LogP contribution >= 0.6 is 0 Å². The van der Waals surface area contributed by atoms with Crippen LogP contribution in [0, 0.1) is 5.41 Å². The van der Waals surface area contributed by atoms with Gasteiger partial charge in [-0.3, -0.25) is 4.79 Å². The molecule has 0 saturated heterocycles. The van der Waals surface area contributed by atoms with Crippen LogP contribution < -0.4 is 5.32 Å². The van der Waals surface area contributed by atoms with Crippen molar-refractivity contribution in [1.82, 2.24) is 5.32 Å². The van der Waals surface area contributed by atoms with Crippen LogP contribution in [0.5, 0.6) is 0 Å². The lowest BCUT2D eigenvalue weighted by Gasteiger charge is -2.16. The van der Waals surface area contributed by atoms with Crippen molar-refractivity contribution in [2.24, 2.45) is 5.41 Å². The van der Waals surface area contributed by atoms with Crippen LogP contribution in [0.25, 0.3) is 0 Å². The zero-order valence-electron chi connectivity index (χ0n) is 8.50. The Hall–Kier alpha value is -1.31. The number of Topliss-reactive ketones (excluding diaryl/α,β-unsaturated/α-hetero) is 1. The molecule has 2 heteroatoms. The van der Waals surface area contributed by atoms with Crippen LogP contribution in [0.3, 0.4) is 0 Å². The third-order valence-corrected chi connectivity index (χ3v) is 2.00. The molecule has 2 nitrogen and oxygen atoms in total. The predicted molar refractivity (Wildman–Crippen MR) is 56.3 cm³/mol. The van der Waals surface area contributed by atoms with Crippen LogP contribution in [0.4, 0.5) is 0 Å². The summed E-state index contributed by atoms with van der Waals surface area (Å²) in [5.41, 5.74) is -0.544. The molecule has 1 atom stereocenters. The first kappa shape index (κ1) is 11.7. The molecule has 0 aliphatic rings. The maximum absolute atomic E-state index is 11.2. The highest BCUT2D eigenvalue weighted by atomic mass is 16.1. The third kappa shape index (κ3) is 3.74. The molecular formula is C11H17NO. The highest BCUT2D eigenvalue weighted by Gasteiger charge is 2.21. The second kappa shape index (κ2) is 5.36. The van der Waals surface area contributed by atoms with Crippen LogP contribution in [0.1, 0.15) is 13.8 Å². The van der Waals surface area contributed by atoms with Gasteiger partial charge in [0, 0.05) is 7.05 Å². The zero-order chi connectivity index (χ0) is 10.3. The summed E-state index contributed by atoms with van der Waals surface area (Å²) in [5, 5.41) is 2.86. The molecule has 0 aromatic heterocycles. The van der Waals surface area contributed by atoms with Gasteiger partial charge in [0.2, 0.25) is 0 Å². The number of hydrogen-bond donors (Lipinski definition) is 1. The lowest BCUT2D eigenvalue weighted by Crippen LogP contribution is -2.19. The van der Waals surface area contributed by atoms with Gasteiger partial charge in [-0.2, -0.15) is 0 Å². The Bertz CT molecular complexity index is 240. The van der Waals surface area contributed by atoms with Crippen molar-refractivity contribution >= 4 is 5.78 Å². The smallest absolute Gasteiger partial charge is 0.143 e. The van der Waals surface area contributed by atoms with E-state index in [1.165, 1.54) is 0 Å². The van der Waals surface area contributed by atoms with Gasteiger partial charge < -0.3 is 5.32 Å². The summed E-state index contributed by atoms with van der Waals surface area (Å²) >= 11 is 0. The fourth-order valence-corrected chi connectivity index (χ4v) is 0.736. The molecule has 0 radical (unpaired) electrons. The fourth-order valence-electron chi connectivity index (χ4n) is 0.736. The molecular weight excluding hydrogens is 162 g/mol. The molecule has 13 heavy (non-hydrogen) atoms. The molecule has 0 heterocycles. The largest absolute Gasteiger partial charge is 0.394 e. The van der Waals surface area contributed by atoms with Gasteiger partial charge in [0.25, 0.3) is 0 Å². The van der Waals surface area contributed by atoms with Crippen molar-refractivity contribution in [3.05, 3.63) is 37.1 Å².